The molecular weight excluding hydrogens is 280 g/mol. The molecule has 0 bridgehead atoms. The van der Waals surface area contributed by atoms with Crippen LogP contribution in [-0.2, 0) is 10.8 Å². The summed E-state index contributed by atoms with van der Waals surface area (Å²) in [5.41, 5.74) is -0.0522. The Morgan fingerprint density at radius 1 is 1.25 bits per heavy atom. The van der Waals surface area contributed by atoms with Gasteiger partial charge in [-0.15, -0.1) is 0 Å². The third-order valence-electron chi connectivity index (χ3n) is 3.16. The van der Waals surface area contributed by atoms with Gasteiger partial charge in [0.1, 0.15) is 0 Å². The molecule has 0 radical (unpaired) electrons. The fraction of sp³-hybridized carbons (Fsp3) is 0.600. The van der Waals surface area contributed by atoms with Gasteiger partial charge in [-0.1, -0.05) is 27.7 Å². The molecule has 0 amide bonds. The predicted molar refractivity (Wildman–Crippen MR) is 79.2 cm³/mol. The molecule has 1 aromatic carbocycles. The minimum atomic E-state index is -1.35. The average molecular weight is 303 g/mol. The zero-order chi connectivity index (χ0) is 15.3. The Balaban J connectivity index is 2.82. The molecule has 2 nitrogen and oxygen atoms in total. The monoisotopic (exact) mass is 303 g/mol. The Morgan fingerprint density at radius 3 is 2.40 bits per heavy atom. The molecule has 20 heavy (non-hydrogen) atoms. The summed E-state index contributed by atoms with van der Waals surface area (Å²) in [4.78, 5) is 0.330. The molecule has 0 spiro atoms. The first-order chi connectivity index (χ1) is 9.25. The van der Waals surface area contributed by atoms with E-state index in [9.17, 15) is 13.0 Å². The van der Waals surface area contributed by atoms with E-state index in [-0.39, 0.29) is 11.5 Å². The maximum absolute atomic E-state index is 13.2. The number of rotatable bonds is 6. The van der Waals surface area contributed by atoms with E-state index in [2.05, 4.69) is 33.0 Å². The van der Waals surface area contributed by atoms with Gasteiger partial charge in [0.25, 0.3) is 0 Å². The number of benzene rings is 1. The topological polar surface area (TPSA) is 29.1 Å². The molecule has 0 saturated heterocycles. The summed E-state index contributed by atoms with van der Waals surface area (Å²) in [5, 5.41) is 3.38. The van der Waals surface area contributed by atoms with E-state index in [0.717, 1.165) is 25.1 Å². The van der Waals surface area contributed by atoms with Crippen LogP contribution in [-0.4, -0.2) is 22.5 Å². The van der Waals surface area contributed by atoms with E-state index in [0.29, 0.717) is 10.6 Å². The lowest BCUT2D eigenvalue weighted by Crippen LogP contribution is -2.44. The summed E-state index contributed by atoms with van der Waals surface area (Å²) in [5.74, 6) is -1.49. The van der Waals surface area contributed by atoms with Crippen LogP contribution in [0.25, 0.3) is 0 Å². The second kappa shape index (κ2) is 7.27. The van der Waals surface area contributed by atoms with Gasteiger partial charge in [0, 0.05) is 16.7 Å². The molecule has 2 atom stereocenters. The molecule has 0 heterocycles. The van der Waals surface area contributed by atoms with Gasteiger partial charge in [-0.3, -0.25) is 4.21 Å². The molecule has 1 aromatic rings. The Labute approximate surface area is 122 Å². The van der Waals surface area contributed by atoms with Gasteiger partial charge in [-0.25, -0.2) is 8.78 Å². The molecule has 1 N–H and O–H groups in total. The molecular formula is C15H23F2NOS. The first kappa shape index (κ1) is 17.2. The summed E-state index contributed by atoms with van der Waals surface area (Å²) in [6, 6.07) is 3.48. The fourth-order valence-corrected chi connectivity index (χ4v) is 3.37. The van der Waals surface area contributed by atoms with Crippen LogP contribution in [0.2, 0.25) is 0 Å². The van der Waals surface area contributed by atoms with Crippen LogP contribution < -0.4 is 5.32 Å². The molecule has 1 rings (SSSR count). The van der Waals surface area contributed by atoms with Crippen LogP contribution in [0, 0.1) is 17.0 Å². The highest BCUT2D eigenvalue weighted by atomic mass is 32.2. The fourth-order valence-electron chi connectivity index (χ4n) is 1.80. The third kappa shape index (κ3) is 4.94. The van der Waals surface area contributed by atoms with Crippen molar-refractivity contribution in [3.63, 3.8) is 0 Å². The van der Waals surface area contributed by atoms with Crippen molar-refractivity contribution in [3.8, 4) is 0 Å². The summed E-state index contributed by atoms with van der Waals surface area (Å²) < 4.78 is 38.4. The highest BCUT2D eigenvalue weighted by Gasteiger charge is 2.26. The van der Waals surface area contributed by atoms with Gasteiger partial charge in [0.2, 0.25) is 0 Å². The van der Waals surface area contributed by atoms with Gasteiger partial charge >= 0.3 is 0 Å². The zero-order valence-corrected chi connectivity index (χ0v) is 13.3. The molecule has 0 aliphatic rings. The van der Waals surface area contributed by atoms with Crippen LogP contribution in [0.1, 0.15) is 34.1 Å². The Kier molecular flexibility index (Phi) is 6.27. The minimum absolute atomic E-state index is 0.0522. The van der Waals surface area contributed by atoms with Crippen molar-refractivity contribution in [3.05, 3.63) is 29.8 Å². The largest absolute Gasteiger partial charge is 0.313 e. The van der Waals surface area contributed by atoms with Crippen molar-refractivity contribution in [2.24, 2.45) is 5.41 Å². The Bertz CT molecular complexity index is 471. The average Bonchev–Trinajstić information content (AvgIpc) is 2.36. The van der Waals surface area contributed by atoms with Gasteiger partial charge in [0.05, 0.1) is 10.8 Å². The molecule has 0 aliphatic carbocycles. The first-order valence-corrected chi connectivity index (χ1v) is 8.14. The minimum Gasteiger partial charge on any atom is -0.313 e. The van der Waals surface area contributed by atoms with Crippen LogP contribution in [0.3, 0.4) is 0 Å². The SMILES string of the molecule is CCCNC(CS(=O)c1ccc(F)c(F)c1)C(C)(C)C. The number of hydrogen-bond donors (Lipinski definition) is 1. The number of halogens is 2. The van der Waals surface area contributed by atoms with Crippen molar-refractivity contribution in [1.82, 2.24) is 5.32 Å². The summed E-state index contributed by atoms with van der Waals surface area (Å²) in [6.07, 6.45) is 0.990. The van der Waals surface area contributed by atoms with Crippen molar-refractivity contribution in [2.75, 3.05) is 12.3 Å². The lowest BCUT2D eigenvalue weighted by atomic mass is 9.88. The second-order valence-corrected chi connectivity index (χ2v) is 7.46. The zero-order valence-electron chi connectivity index (χ0n) is 12.5. The smallest absolute Gasteiger partial charge is 0.160 e. The van der Waals surface area contributed by atoms with Crippen LogP contribution in [0.5, 0.6) is 0 Å². The predicted octanol–water partition coefficient (Wildman–Crippen LogP) is 3.49. The van der Waals surface area contributed by atoms with E-state index >= 15 is 0 Å². The molecule has 0 aliphatic heterocycles. The highest BCUT2D eigenvalue weighted by molar-refractivity contribution is 7.85. The number of hydrogen-bond acceptors (Lipinski definition) is 2. The lowest BCUT2D eigenvalue weighted by molar-refractivity contribution is 0.290. The van der Waals surface area contributed by atoms with Gasteiger partial charge in [-0.2, -0.15) is 0 Å². The van der Waals surface area contributed by atoms with E-state index in [4.69, 9.17) is 0 Å². The Morgan fingerprint density at radius 2 is 1.90 bits per heavy atom. The molecule has 0 fully saturated rings. The maximum Gasteiger partial charge on any atom is 0.160 e. The third-order valence-corrected chi connectivity index (χ3v) is 4.57. The van der Waals surface area contributed by atoms with E-state index in [1.54, 1.807) is 0 Å². The van der Waals surface area contributed by atoms with Crippen molar-refractivity contribution >= 4 is 10.8 Å². The summed E-state index contributed by atoms with van der Waals surface area (Å²) in [7, 11) is -1.35. The maximum atomic E-state index is 13.2. The van der Waals surface area contributed by atoms with Crippen LogP contribution in [0.15, 0.2) is 23.1 Å². The second-order valence-electron chi connectivity index (χ2n) is 5.96. The van der Waals surface area contributed by atoms with Gasteiger partial charge in [-0.05, 0) is 36.6 Å². The first-order valence-electron chi connectivity index (χ1n) is 6.82. The van der Waals surface area contributed by atoms with Gasteiger partial charge in [0.15, 0.2) is 11.6 Å². The molecule has 114 valence electrons. The van der Waals surface area contributed by atoms with Crippen molar-refractivity contribution < 1.29 is 13.0 Å². The lowest BCUT2D eigenvalue weighted by Gasteiger charge is -2.31. The highest BCUT2D eigenvalue weighted by Crippen LogP contribution is 2.22. The quantitative estimate of drug-likeness (QED) is 0.871. The van der Waals surface area contributed by atoms with Gasteiger partial charge < -0.3 is 5.32 Å². The number of nitrogens with one attached hydrogen (secondary N) is 1. The molecule has 2 unspecified atom stereocenters. The molecule has 5 heteroatoms. The van der Waals surface area contributed by atoms with Crippen molar-refractivity contribution in [2.45, 2.75) is 45.1 Å². The standard InChI is InChI=1S/C15H23F2NOS/c1-5-8-18-14(15(2,3)4)10-20(19)11-6-7-12(16)13(17)9-11/h6-7,9,14,18H,5,8,10H2,1-4H3. The van der Waals surface area contributed by atoms with Crippen LogP contribution in [0.4, 0.5) is 8.78 Å². The summed E-state index contributed by atoms with van der Waals surface area (Å²) in [6.45, 7) is 9.13. The molecule has 0 saturated carbocycles. The summed E-state index contributed by atoms with van der Waals surface area (Å²) >= 11 is 0. The molecule has 0 aromatic heterocycles. The normalized spacial score (nSPS) is 15.1. The van der Waals surface area contributed by atoms with Crippen LogP contribution >= 0.6 is 0 Å². The van der Waals surface area contributed by atoms with E-state index in [1.807, 2.05) is 0 Å². The van der Waals surface area contributed by atoms with E-state index < -0.39 is 22.4 Å². The van der Waals surface area contributed by atoms with Crippen molar-refractivity contribution in [1.29, 1.82) is 0 Å². The Hall–Kier alpha value is -0.810. The van der Waals surface area contributed by atoms with E-state index in [1.165, 1.54) is 6.07 Å².